The van der Waals surface area contributed by atoms with E-state index in [4.69, 9.17) is 0 Å². The van der Waals surface area contributed by atoms with Gasteiger partial charge in [-0.15, -0.1) is 0 Å². The molecule has 0 aromatic heterocycles. The van der Waals surface area contributed by atoms with E-state index < -0.39 is 0 Å². The van der Waals surface area contributed by atoms with E-state index in [2.05, 4.69) is 17.6 Å². The van der Waals surface area contributed by atoms with Gasteiger partial charge in [-0.05, 0) is 34.6 Å². The van der Waals surface area contributed by atoms with E-state index in [0.717, 1.165) is 24.5 Å². The van der Waals surface area contributed by atoms with E-state index in [1.165, 1.54) is 0 Å². The number of halogens is 2. The van der Waals surface area contributed by atoms with Gasteiger partial charge in [-0.2, -0.15) is 0 Å². The van der Waals surface area contributed by atoms with Crippen molar-refractivity contribution in [1.82, 2.24) is 0 Å². The molecule has 1 aliphatic heterocycles. The molecular weight excluding hydrogens is 294 g/mol. The number of benzene rings is 1. The van der Waals surface area contributed by atoms with Gasteiger partial charge < -0.3 is 10.6 Å². The molecule has 1 aliphatic rings. The first-order valence-corrected chi connectivity index (χ1v) is 5.71. The van der Waals surface area contributed by atoms with Crippen LogP contribution >= 0.6 is 22.6 Å². The maximum atomic E-state index is 13.3. The van der Waals surface area contributed by atoms with Gasteiger partial charge in [0, 0.05) is 19.2 Å². The van der Waals surface area contributed by atoms with Gasteiger partial charge in [-0.25, -0.2) is 4.39 Å². The van der Waals surface area contributed by atoms with E-state index >= 15 is 0 Å². The largest absolute Gasteiger partial charge is 0.383 e. The molecule has 0 amide bonds. The van der Waals surface area contributed by atoms with Crippen LogP contribution < -0.4 is 10.6 Å². The molecule has 1 aromatic rings. The molecule has 0 spiro atoms. The van der Waals surface area contributed by atoms with E-state index in [0.29, 0.717) is 9.49 Å². The van der Waals surface area contributed by atoms with Crippen molar-refractivity contribution in [3.63, 3.8) is 0 Å². The van der Waals surface area contributed by atoms with E-state index in [9.17, 15) is 4.39 Å². The summed E-state index contributed by atoms with van der Waals surface area (Å²) in [7, 11) is 0. The summed E-state index contributed by atoms with van der Waals surface area (Å²) in [6, 6.07) is 3.40. The maximum Gasteiger partial charge on any atom is 0.138 e. The molecule has 1 atom stereocenters. The third-order valence-corrected chi connectivity index (χ3v) is 3.17. The summed E-state index contributed by atoms with van der Waals surface area (Å²) < 4.78 is 13.9. The van der Waals surface area contributed by atoms with Crippen molar-refractivity contribution in [2.45, 2.75) is 6.92 Å². The lowest BCUT2D eigenvalue weighted by Gasteiger charge is -2.08. The highest BCUT2D eigenvalue weighted by atomic mass is 127. The third-order valence-electron chi connectivity index (χ3n) is 2.34. The van der Waals surface area contributed by atoms with Crippen molar-refractivity contribution in [1.29, 1.82) is 0 Å². The van der Waals surface area contributed by atoms with Crippen LogP contribution in [0.15, 0.2) is 12.1 Å². The Bertz CT molecular complexity index is 321. The zero-order chi connectivity index (χ0) is 10.1. The molecule has 0 bridgehead atoms. The Balaban J connectivity index is 2.36. The molecule has 0 saturated heterocycles. The summed E-state index contributed by atoms with van der Waals surface area (Å²) in [6.45, 7) is 3.98. The highest BCUT2D eigenvalue weighted by molar-refractivity contribution is 14.1. The SMILES string of the molecule is CC1CNc2cc(F)c(I)cc2NC1. The van der Waals surface area contributed by atoms with Gasteiger partial charge in [0.25, 0.3) is 0 Å². The monoisotopic (exact) mass is 306 g/mol. The Hall–Kier alpha value is -0.520. The molecule has 14 heavy (non-hydrogen) atoms. The molecule has 1 heterocycles. The van der Waals surface area contributed by atoms with E-state index in [1.54, 1.807) is 6.07 Å². The number of anilines is 2. The van der Waals surface area contributed by atoms with Crippen LogP contribution in [0.1, 0.15) is 6.92 Å². The molecule has 1 aromatic carbocycles. The average Bonchev–Trinajstić information content (AvgIpc) is 2.31. The summed E-state index contributed by atoms with van der Waals surface area (Å²) in [4.78, 5) is 0. The molecule has 0 aliphatic carbocycles. The third kappa shape index (κ3) is 1.94. The van der Waals surface area contributed by atoms with Crippen molar-refractivity contribution in [3.8, 4) is 0 Å². The Kier molecular flexibility index (Phi) is 2.80. The summed E-state index contributed by atoms with van der Waals surface area (Å²) >= 11 is 2.01. The maximum absolute atomic E-state index is 13.3. The molecule has 76 valence electrons. The minimum absolute atomic E-state index is 0.159. The summed E-state index contributed by atoms with van der Waals surface area (Å²) in [5.74, 6) is 0.399. The van der Waals surface area contributed by atoms with Crippen LogP contribution in [-0.2, 0) is 0 Å². The van der Waals surface area contributed by atoms with Gasteiger partial charge in [0.15, 0.2) is 0 Å². The first-order valence-electron chi connectivity index (χ1n) is 4.63. The van der Waals surface area contributed by atoms with Crippen molar-refractivity contribution in [2.24, 2.45) is 5.92 Å². The van der Waals surface area contributed by atoms with Gasteiger partial charge in [-0.3, -0.25) is 0 Å². The standard InChI is InChI=1S/C10H12FIN2/c1-6-4-13-9-2-7(11)8(12)3-10(9)14-5-6/h2-3,6,13-14H,4-5H2,1H3. The van der Waals surface area contributed by atoms with Crippen LogP contribution in [0.2, 0.25) is 0 Å². The van der Waals surface area contributed by atoms with Crippen LogP contribution in [0.25, 0.3) is 0 Å². The van der Waals surface area contributed by atoms with Crippen LogP contribution in [0, 0.1) is 15.3 Å². The van der Waals surface area contributed by atoms with E-state index in [-0.39, 0.29) is 5.82 Å². The van der Waals surface area contributed by atoms with Crippen LogP contribution in [0.4, 0.5) is 15.8 Å². The molecule has 0 radical (unpaired) electrons. The van der Waals surface area contributed by atoms with E-state index in [1.807, 2.05) is 28.7 Å². The lowest BCUT2D eigenvalue weighted by molar-refractivity contribution is 0.621. The minimum Gasteiger partial charge on any atom is -0.383 e. The Morgan fingerprint density at radius 3 is 2.50 bits per heavy atom. The molecule has 0 saturated carbocycles. The molecule has 0 fully saturated rings. The van der Waals surface area contributed by atoms with Crippen molar-refractivity contribution < 1.29 is 4.39 Å². The highest BCUT2D eigenvalue weighted by Gasteiger charge is 2.13. The minimum atomic E-state index is -0.159. The quantitative estimate of drug-likeness (QED) is 0.720. The van der Waals surface area contributed by atoms with Gasteiger partial charge in [-0.1, -0.05) is 6.92 Å². The first-order chi connectivity index (χ1) is 6.66. The number of rotatable bonds is 0. The highest BCUT2D eigenvalue weighted by Crippen LogP contribution is 2.28. The fraction of sp³-hybridized carbons (Fsp3) is 0.400. The fourth-order valence-corrected chi connectivity index (χ4v) is 1.95. The van der Waals surface area contributed by atoms with Crippen molar-refractivity contribution >= 4 is 34.0 Å². The number of nitrogens with one attached hydrogen (secondary N) is 2. The van der Waals surface area contributed by atoms with Crippen LogP contribution in [-0.4, -0.2) is 13.1 Å². The molecule has 2 rings (SSSR count). The van der Waals surface area contributed by atoms with Crippen molar-refractivity contribution in [2.75, 3.05) is 23.7 Å². The predicted octanol–water partition coefficient (Wildman–Crippen LogP) is 2.90. The fourth-order valence-electron chi connectivity index (χ4n) is 1.48. The lowest BCUT2D eigenvalue weighted by Crippen LogP contribution is -2.14. The number of hydrogen-bond donors (Lipinski definition) is 2. The predicted molar refractivity (Wildman–Crippen MR) is 65.3 cm³/mol. The number of hydrogen-bond acceptors (Lipinski definition) is 2. The van der Waals surface area contributed by atoms with Gasteiger partial charge >= 0.3 is 0 Å². The first kappa shape index (κ1) is 10.0. The van der Waals surface area contributed by atoms with Crippen LogP contribution in [0.5, 0.6) is 0 Å². The zero-order valence-corrected chi connectivity index (χ0v) is 10.1. The normalized spacial score (nSPS) is 20.4. The van der Waals surface area contributed by atoms with Gasteiger partial charge in [0.05, 0.1) is 14.9 Å². The second-order valence-electron chi connectivity index (χ2n) is 3.68. The average molecular weight is 306 g/mol. The summed E-state index contributed by atoms with van der Waals surface area (Å²) in [5.41, 5.74) is 1.87. The Morgan fingerprint density at radius 2 is 1.86 bits per heavy atom. The second kappa shape index (κ2) is 3.92. The molecular formula is C10H12FIN2. The van der Waals surface area contributed by atoms with Gasteiger partial charge in [0.1, 0.15) is 5.82 Å². The van der Waals surface area contributed by atoms with Crippen LogP contribution in [0.3, 0.4) is 0 Å². The Labute approximate surface area is 96.4 Å². The molecule has 2 N–H and O–H groups in total. The summed E-state index contributed by atoms with van der Waals surface area (Å²) in [5, 5.41) is 6.55. The summed E-state index contributed by atoms with van der Waals surface area (Å²) in [6.07, 6.45) is 0. The lowest BCUT2D eigenvalue weighted by atomic mass is 10.2. The molecule has 1 unspecified atom stereocenters. The van der Waals surface area contributed by atoms with Gasteiger partial charge in [0.2, 0.25) is 0 Å². The Morgan fingerprint density at radius 1 is 1.29 bits per heavy atom. The number of fused-ring (bicyclic) bond motifs is 1. The zero-order valence-electron chi connectivity index (χ0n) is 7.90. The molecule has 2 nitrogen and oxygen atoms in total. The molecule has 4 heteroatoms. The topological polar surface area (TPSA) is 24.1 Å². The smallest absolute Gasteiger partial charge is 0.138 e. The van der Waals surface area contributed by atoms with Crippen molar-refractivity contribution in [3.05, 3.63) is 21.5 Å². The second-order valence-corrected chi connectivity index (χ2v) is 4.84.